The van der Waals surface area contributed by atoms with Crippen molar-refractivity contribution < 1.29 is 8.94 Å². The van der Waals surface area contributed by atoms with Crippen LogP contribution in [-0.2, 0) is 0 Å². The Hall–Kier alpha value is -1.97. The molecule has 2 rings (SSSR count). The molecular formula is C10H10N2O2. The predicted molar refractivity (Wildman–Crippen MR) is 53.2 cm³/mol. The van der Waals surface area contributed by atoms with Crippen molar-refractivity contribution in [3.8, 4) is 0 Å². The summed E-state index contributed by atoms with van der Waals surface area (Å²) >= 11 is 0. The van der Waals surface area contributed by atoms with Gasteiger partial charge < -0.3 is 14.7 Å². The van der Waals surface area contributed by atoms with Gasteiger partial charge in [-0.1, -0.05) is 5.16 Å². The van der Waals surface area contributed by atoms with Crippen LogP contribution in [0.4, 0.5) is 5.69 Å². The summed E-state index contributed by atoms with van der Waals surface area (Å²) in [4.78, 5) is 0. The van der Waals surface area contributed by atoms with Gasteiger partial charge in [0.15, 0.2) is 5.76 Å². The maximum absolute atomic E-state index is 5.64. The minimum Gasteiger partial charge on any atom is -0.465 e. The lowest BCUT2D eigenvalue weighted by molar-refractivity contribution is 0.410. The second-order valence-corrected chi connectivity index (χ2v) is 2.95. The van der Waals surface area contributed by atoms with E-state index in [4.69, 9.17) is 14.7 Å². The van der Waals surface area contributed by atoms with E-state index in [9.17, 15) is 0 Å². The molecule has 0 bridgehead atoms. The first kappa shape index (κ1) is 8.62. The summed E-state index contributed by atoms with van der Waals surface area (Å²) in [7, 11) is 0. The topological polar surface area (TPSA) is 65.2 Å². The second-order valence-electron chi connectivity index (χ2n) is 2.95. The Kier molecular flexibility index (Phi) is 2.10. The van der Waals surface area contributed by atoms with Gasteiger partial charge in [-0.25, -0.2) is 0 Å². The molecule has 2 aromatic heterocycles. The molecule has 4 heteroatoms. The molecule has 0 aliphatic rings. The largest absolute Gasteiger partial charge is 0.465 e. The smallest absolute Gasteiger partial charge is 0.185 e. The number of hydrogen-bond acceptors (Lipinski definition) is 4. The Labute approximate surface area is 81.0 Å². The number of hydrogen-bond donors (Lipinski definition) is 1. The van der Waals surface area contributed by atoms with Crippen molar-refractivity contribution in [2.75, 3.05) is 5.73 Å². The van der Waals surface area contributed by atoms with E-state index < -0.39 is 0 Å². The molecule has 0 atom stereocenters. The summed E-state index contributed by atoms with van der Waals surface area (Å²) < 4.78 is 10.2. The Bertz CT molecular complexity index is 440. The lowest BCUT2D eigenvalue weighted by Gasteiger charge is -1.94. The van der Waals surface area contributed by atoms with Crippen LogP contribution in [0, 0.1) is 0 Å². The first-order valence-corrected chi connectivity index (χ1v) is 4.19. The average Bonchev–Trinajstić information content (AvgIpc) is 2.75. The van der Waals surface area contributed by atoms with E-state index in [1.807, 2.05) is 25.1 Å². The van der Waals surface area contributed by atoms with Crippen LogP contribution < -0.4 is 5.73 Å². The number of rotatable bonds is 2. The molecule has 2 N–H and O–H groups in total. The van der Waals surface area contributed by atoms with Crippen LogP contribution in [0.2, 0.25) is 0 Å². The molecular weight excluding hydrogens is 180 g/mol. The van der Waals surface area contributed by atoms with E-state index in [0.29, 0.717) is 11.4 Å². The summed E-state index contributed by atoms with van der Waals surface area (Å²) in [5, 5.41) is 3.60. The average molecular weight is 190 g/mol. The number of anilines is 1. The molecule has 0 fully saturated rings. The molecule has 2 heterocycles. The van der Waals surface area contributed by atoms with Gasteiger partial charge in [0.25, 0.3) is 0 Å². The zero-order valence-corrected chi connectivity index (χ0v) is 7.73. The molecule has 0 radical (unpaired) electrons. The molecule has 2 aromatic rings. The van der Waals surface area contributed by atoms with Gasteiger partial charge >= 0.3 is 0 Å². The third-order valence-corrected chi connectivity index (χ3v) is 1.86. The Morgan fingerprint density at radius 3 is 3.00 bits per heavy atom. The van der Waals surface area contributed by atoms with E-state index in [0.717, 1.165) is 11.3 Å². The van der Waals surface area contributed by atoms with Gasteiger partial charge in [0, 0.05) is 5.57 Å². The first-order valence-electron chi connectivity index (χ1n) is 4.19. The van der Waals surface area contributed by atoms with Gasteiger partial charge in [-0.05, 0) is 25.1 Å². The molecule has 0 saturated carbocycles. The van der Waals surface area contributed by atoms with E-state index in [1.54, 1.807) is 6.26 Å². The number of nitrogen functional groups attached to an aromatic ring is 1. The normalized spacial score (nSPS) is 11.9. The Morgan fingerprint density at radius 1 is 1.57 bits per heavy atom. The van der Waals surface area contributed by atoms with E-state index in [-0.39, 0.29) is 0 Å². The minimum atomic E-state index is 0.533. The number of furan rings is 1. The highest BCUT2D eigenvalue weighted by atomic mass is 16.5. The highest BCUT2D eigenvalue weighted by molar-refractivity contribution is 5.80. The SMILES string of the molecule is C/C(=C\c1ccco1)c1oncc1N. The van der Waals surface area contributed by atoms with Crippen molar-refractivity contribution in [2.24, 2.45) is 0 Å². The molecule has 14 heavy (non-hydrogen) atoms. The van der Waals surface area contributed by atoms with E-state index in [1.165, 1.54) is 6.20 Å². The molecule has 0 amide bonds. The Morgan fingerprint density at radius 2 is 2.43 bits per heavy atom. The van der Waals surface area contributed by atoms with Gasteiger partial charge in [-0.2, -0.15) is 0 Å². The standard InChI is InChI=1S/C10H10N2O2/c1-7(5-8-3-2-4-13-8)10-9(11)6-12-14-10/h2-6H,11H2,1H3/b7-5+. The lowest BCUT2D eigenvalue weighted by atomic mass is 10.2. The second kappa shape index (κ2) is 3.41. The molecule has 4 nitrogen and oxygen atoms in total. The van der Waals surface area contributed by atoms with E-state index in [2.05, 4.69) is 5.16 Å². The fourth-order valence-electron chi connectivity index (χ4n) is 1.20. The maximum atomic E-state index is 5.64. The molecule has 0 saturated heterocycles. The van der Waals surface area contributed by atoms with Crippen molar-refractivity contribution in [2.45, 2.75) is 6.92 Å². The van der Waals surface area contributed by atoms with Crippen molar-refractivity contribution in [1.29, 1.82) is 0 Å². The van der Waals surface area contributed by atoms with Crippen molar-refractivity contribution in [3.05, 3.63) is 36.1 Å². The summed E-state index contributed by atoms with van der Waals surface area (Å²) in [5.74, 6) is 1.35. The van der Waals surface area contributed by atoms with Crippen molar-refractivity contribution >= 4 is 17.3 Å². The van der Waals surface area contributed by atoms with E-state index >= 15 is 0 Å². The van der Waals surface area contributed by atoms with Crippen LogP contribution in [0.5, 0.6) is 0 Å². The van der Waals surface area contributed by atoms with Crippen LogP contribution in [-0.4, -0.2) is 5.16 Å². The van der Waals surface area contributed by atoms with Crippen molar-refractivity contribution in [3.63, 3.8) is 0 Å². The van der Waals surface area contributed by atoms with Crippen molar-refractivity contribution in [1.82, 2.24) is 5.16 Å². The van der Waals surface area contributed by atoms with Gasteiger partial charge in [-0.15, -0.1) is 0 Å². The molecule has 0 unspecified atom stereocenters. The summed E-state index contributed by atoms with van der Waals surface area (Å²) in [5.41, 5.74) is 7.06. The summed E-state index contributed by atoms with van der Waals surface area (Å²) in [6.45, 7) is 1.89. The first-order chi connectivity index (χ1) is 6.77. The fraction of sp³-hybridized carbons (Fsp3) is 0.100. The monoisotopic (exact) mass is 190 g/mol. The van der Waals surface area contributed by atoms with Crippen LogP contribution >= 0.6 is 0 Å². The lowest BCUT2D eigenvalue weighted by Crippen LogP contribution is -1.85. The highest BCUT2D eigenvalue weighted by Crippen LogP contribution is 2.22. The van der Waals surface area contributed by atoms with Crippen LogP contribution in [0.3, 0.4) is 0 Å². The maximum Gasteiger partial charge on any atom is 0.185 e. The molecule has 0 aliphatic heterocycles. The quantitative estimate of drug-likeness (QED) is 0.789. The van der Waals surface area contributed by atoms with Gasteiger partial charge in [-0.3, -0.25) is 0 Å². The number of nitrogens with zero attached hydrogens (tertiary/aromatic N) is 1. The zero-order chi connectivity index (χ0) is 9.97. The number of nitrogens with two attached hydrogens (primary N) is 1. The van der Waals surface area contributed by atoms with Crippen LogP contribution in [0.15, 0.2) is 33.5 Å². The van der Waals surface area contributed by atoms with Gasteiger partial charge in [0.1, 0.15) is 5.76 Å². The third-order valence-electron chi connectivity index (χ3n) is 1.86. The predicted octanol–water partition coefficient (Wildman–Crippen LogP) is 2.41. The van der Waals surface area contributed by atoms with Crippen LogP contribution in [0.1, 0.15) is 18.4 Å². The highest BCUT2D eigenvalue weighted by Gasteiger charge is 2.06. The third kappa shape index (κ3) is 1.54. The summed E-state index contributed by atoms with van der Waals surface area (Å²) in [6, 6.07) is 3.68. The fourth-order valence-corrected chi connectivity index (χ4v) is 1.20. The minimum absolute atomic E-state index is 0.533. The molecule has 0 aromatic carbocycles. The molecule has 0 aliphatic carbocycles. The van der Waals surface area contributed by atoms with Gasteiger partial charge in [0.2, 0.25) is 0 Å². The Balaban J connectivity index is 2.33. The molecule has 72 valence electrons. The zero-order valence-electron chi connectivity index (χ0n) is 7.73. The van der Waals surface area contributed by atoms with Gasteiger partial charge in [0.05, 0.1) is 18.1 Å². The summed E-state index contributed by atoms with van der Waals surface area (Å²) in [6.07, 6.45) is 4.94. The molecule has 0 spiro atoms. The van der Waals surface area contributed by atoms with Crippen LogP contribution in [0.25, 0.3) is 11.6 Å². The number of allylic oxidation sites excluding steroid dienone is 1. The number of aromatic nitrogens is 1.